The zero-order chi connectivity index (χ0) is 32.0. The molecule has 4 atom stereocenters. The third kappa shape index (κ3) is 7.01. The van der Waals surface area contributed by atoms with Crippen molar-refractivity contribution in [3.63, 3.8) is 0 Å². The third-order valence-corrected chi connectivity index (χ3v) is 13.0. The Bertz CT molecular complexity index is 1650. The molecule has 1 aliphatic heterocycles. The lowest BCUT2D eigenvalue weighted by atomic mass is 9.67. The van der Waals surface area contributed by atoms with Crippen LogP contribution in [0.25, 0.3) is 0 Å². The van der Waals surface area contributed by atoms with Crippen LogP contribution in [0.4, 0.5) is 0 Å². The zero-order valence-electron chi connectivity index (χ0n) is 25.3. The number of carboxylic acid groups (broad SMARTS) is 1. The number of halogens is 2. The van der Waals surface area contributed by atoms with Gasteiger partial charge in [0.15, 0.2) is 9.84 Å². The summed E-state index contributed by atoms with van der Waals surface area (Å²) in [6, 6.07) is 14.1. The van der Waals surface area contributed by atoms with E-state index >= 15 is 4.79 Å². The highest BCUT2D eigenvalue weighted by Crippen LogP contribution is 2.54. The van der Waals surface area contributed by atoms with E-state index in [0.29, 0.717) is 32.8 Å². The maximum atomic E-state index is 15.0. The van der Waals surface area contributed by atoms with E-state index in [0.717, 1.165) is 24.0 Å². The largest absolute Gasteiger partial charge is 0.481 e. The lowest BCUT2D eigenvalue weighted by molar-refractivity contribution is -0.154. The van der Waals surface area contributed by atoms with E-state index in [9.17, 15) is 18.3 Å². The smallest absolute Gasteiger partial charge is 0.308 e. The van der Waals surface area contributed by atoms with Gasteiger partial charge in [-0.15, -0.1) is 11.3 Å². The SMILES string of the molecule is CC(C)(C)S(=O)(=O)C[C@H](C1CC1)N1C(=O)[C@@](C)(Cc2ncc(CC(=O)O)s2)C[C@H](c2cccc(Cl)c2)[C@H]1c1ccc(Cl)cc1. The van der Waals surface area contributed by atoms with Crippen LogP contribution < -0.4 is 0 Å². The summed E-state index contributed by atoms with van der Waals surface area (Å²) in [7, 11) is -3.58. The van der Waals surface area contributed by atoms with E-state index in [-0.39, 0.29) is 29.9 Å². The van der Waals surface area contributed by atoms with Gasteiger partial charge in [0.1, 0.15) is 0 Å². The highest BCUT2D eigenvalue weighted by atomic mass is 35.5. The summed E-state index contributed by atoms with van der Waals surface area (Å²) < 4.78 is 26.5. The molecule has 0 bridgehead atoms. The molecule has 7 nitrogen and oxygen atoms in total. The molecule has 1 amide bonds. The lowest BCUT2D eigenvalue weighted by Crippen LogP contribution is -2.59. The number of carboxylic acids is 1. The van der Waals surface area contributed by atoms with Crippen molar-refractivity contribution in [2.24, 2.45) is 11.3 Å². The first-order valence-corrected chi connectivity index (χ1v) is 18.0. The van der Waals surface area contributed by atoms with Crippen LogP contribution in [0.15, 0.2) is 54.7 Å². The molecular weight excluding hydrogens is 639 g/mol. The average Bonchev–Trinajstić information content (AvgIpc) is 3.69. The number of rotatable bonds is 10. The van der Waals surface area contributed by atoms with Gasteiger partial charge in [-0.1, -0.05) is 54.4 Å². The van der Waals surface area contributed by atoms with Crippen LogP contribution in [-0.2, 0) is 32.3 Å². The summed E-state index contributed by atoms with van der Waals surface area (Å²) in [5.74, 6) is -1.34. The van der Waals surface area contributed by atoms with Crippen LogP contribution in [0.2, 0.25) is 10.0 Å². The number of piperidine rings is 1. The van der Waals surface area contributed by atoms with E-state index in [2.05, 4.69) is 4.98 Å². The summed E-state index contributed by atoms with van der Waals surface area (Å²) >= 11 is 14.1. The van der Waals surface area contributed by atoms with Crippen LogP contribution in [0.3, 0.4) is 0 Å². The van der Waals surface area contributed by atoms with Gasteiger partial charge in [0.05, 0.1) is 33.4 Å². The Kier molecular flexibility index (Phi) is 9.27. The molecule has 1 aliphatic carbocycles. The van der Waals surface area contributed by atoms with E-state index < -0.39 is 38.1 Å². The maximum absolute atomic E-state index is 15.0. The average molecular weight is 678 g/mol. The Morgan fingerprint density at radius 3 is 2.39 bits per heavy atom. The first-order valence-electron chi connectivity index (χ1n) is 14.8. The van der Waals surface area contributed by atoms with Crippen LogP contribution in [-0.4, -0.2) is 51.8 Å². The molecular formula is C33H38Cl2N2O5S2. The van der Waals surface area contributed by atoms with Gasteiger partial charge in [-0.25, -0.2) is 13.4 Å². The van der Waals surface area contributed by atoms with Gasteiger partial charge in [-0.05, 0) is 81.3 Å². The zero-order valence-corrected chi connectivity index (χ0v) is 28.4. The molecule has 2 fully saturated rings. The molecule has 0 spiro atoms. The van der Waals surface area contributed by atoms with E-state index in [1.807, 2.05) is 48.2 Å². The molecule has 3 aromatic rings. The third-order valence-electron chi connectivity index (χ3n) is 8.91. The second kappa shape index (κ2) is 12.4. The standard InChI is InChI=1S/C33H38Cl2N2O5S2/c1-32(2,3)44(41,42)19-27(20-8-9-20)37-30(21-10-12-23(34)13-11-21)26(22-6-5-7-24(35)14-22)16-33(4,31(37)40)17-28-36-18-25(43-28)15-29(38)39/h5-7,10-14,18,20,26-27,30H,8-9,15-17,19H2,1-4H3,(H,38,39)/t26-,27-,30-,33-/m1/s1. The van der Waals surface area contributed by atoms with Gasteiger partial charge in [0, 0.05) is 39.5 Å². The van der Waals surface area contributed by atoms with Gasteiger partial charge >= 0.3 is 5.97 Å². The van der Waals surface area contributed by atoms with E-state index in [1.165, 1.54) is 11.3 Å². The number of amides is 1. The van der Waals surface area contributed by atoms with Crippen LogP contribution >= 0.6 is 34.5 Å². The molecule has 1 aromatic heterocycles. The van der Waals surface area contributed by atoms with Crippen molar-refractivity contribution in [1.82, 2.24) is 9.88 Å². The number of nitrogens with zero attached hydrogens (tertiary/aromatic N) is 2. The van der Waals surface area contributed by atoms with Gasteiger partial charge in [-0.3, -0.25) is 9.59 Å². The number of hydrogen-bond acceptors (Lipinski definition) is 6. The van der Waals surface area contributed by atoms with Crippen LogP contribution in [0.1, 0.15) is 79.9 Å². The Labute approximate surface area is 273 Å². The Balaban J connectivity index is 1.67. The van der Waals surface area contributed by atoms with Crippen molar-refractivity contribution in [2.45, 2.75) is 82.5 Å². The molecule has 0 radical (unpaired) electrons. The molecule has 2 aromatic carbocycles. The van der Waals surface area contributed by atoms with Crippen LogP contribution in [0, 0.1) is 11.3 Å². The molecule has 1 saturated heterocycles. The van der Waals surface area contributed by atoms with Gasteiger partial charge in [0.25, 0.3) is 0 Å². The second-order valence-electron chi connectivity index (χ2n) is 13.4. The minimum absolute atomic E-state index is 0.0651. The molecule has 5 rings (SSSR count). The predicted molar refractivity (Wildman–Crippen MR) is 175 cm³/mol. The van der Waals surface area contributed by atoms with Gasteiger partial charge < -0.3 is 10.0 Å². The monoisotopic (exact) mass is 676 g/mol. The number of benzene rings is 2. The topological polar surface area (TPSA) is 105 Å². The number of sulfone groups is 1. The molecule has 2 aliphatic rings. The summed E-state index contributed by atoms with van der Waals surface area (Å²) in [5, 5.41) is 11.1. The molecule has 236 valence electrons. The maximum Gasteiger partial charge on any atom is 0.308 e. The highest BCUT2D eigenvalue weighted by Gasteiger charge is 2.55. The number of aliphatic carboxylic acids is 1. The van der Waals surface area contributed by atoms with Gasteiger partial charge in [0.2, 0.25) is 5.91 Å². The molecule has 44 heavy (non-hydrogen) atoms. The normalized spacial score (nSPS) is 23.5. The fraction of sp³-hybridized carbons (Fsp3) is 0.485. The van der Waals surface area contributed by atoms with Crippen molar-refractivity contribution in [3.8, 4) is 0 Å². The quantitative estimate of drug-likeness (QED) is 0.240. The lowest BCUT2D eigenvalue weighted by Gasteiger charge is -2.52. The van der Waals surface area contributed by atoms with Gasteiger partial charge in [-0.2, -0.15) is 0 Å². The van der Waals surface area contributed by atoms with E-state index in [4.69, 9.17) is 23.2 Å². The van der Waals surface area contributed by atoms with Crippen molar-refractivity contribution in [1.29, 1.82) is 0 Å². The molecule has 11 heteroatoms. The fourth-order valence-corrected chi connectivity index (χ4v) is 9.11. The summed E-state index contributed by atoms with van der Waals surface area (Å²) in [6.07, 6.45) is 3.91. The first kappa shape index (κ1) is 32.9. The molecule has 1 N–H and O–H groups in total. The summed E-state index contributed by atoms with van der Waals surface area (Å²) in [5.41, 5.74) is 0.902. The minimum Gasteiger partial charge on any atom is -0.481 e. The number of likely N-dealkylation sites (tertiary alicyclic amines) is 1. The highest BCUT2D eigenvalue weighted by molar-refractivity contribution is 7.92. The molecule has 2 heterocycles. The number of thiazole rings is 1. The number of aromatic nitrogens is 1. The predicted octanol–water partition coefficient (Wildman–Crippen LogP) is 7.38. The van der Waals surface area contributed by atoms with Crippen LogP contribution in [0.5, 0.6) is 0 Å². The first-order chi connectivity index (χ1) is 20.6. The second-order valence-corrected chi connectivity index (χ2v) is 18.3. The number of carbonyl (C=O) groups is 2. The van der Waals surface area contributed by atoms with Crippen molar-refractivity contribution < 1.29 is 23.1 Å². The Hall–Kier alpha value is -2.46. The van der Waals surface area contributed by atoms with Crippen molar-refractivity contribution in [2.75, 3.05) is 5.75 Å². The fourth-order valence-electron chi connectivity index (χ4n) is 6.30. The Morgan fingerprint density at radius 2 is 1.80 bits per heavy atom. The summed E-state index contributed by atoms with van der Waals surface area (Å²) in [6.45, 7) is 7.05. The summed E-state index contributed by atoms with van der Waals surface area (Å²) in [4.78, 5) is 33.3. The number of carbonyl (C=O) groups excluding carboxylic acids is 1. The minimum atomic E-state index is -3.58. The molecule has 1 saturated carbocycles. The Morgan fingerprint density at radius 1 is 1.11 bits per heavy atom. The van der Waals surface area contributed by atoms with Crippen molar-refractivity contribution >= 4 is 56.3 Å². The molecule has 0 unspecified atom stereocenters. The van der Waals surface area contributed by atoms with Crippen molar-refractivity contribution in [3.05, 3.63) is 85.8 Å². The number of hydrogen-bond donors (Lipinski definition) is 1. The van der Waals surface area contributed by atoms with E-state index in [1.54, 1.807) is 39.1 Å².